The van der Waals surface area contributed by atoms with Gasteiger partial charge in [-0.15, -0.1) is 0 Å². The van der Waals surface area contributed by atoms with Gasteiger partial charge in [0.1, 0.15) is 5.82 Å². The fourth-order valence-corrected chi connectivity index (χ4v) is 4.12. The molecule has 0 spiro atoms. The molecule has 2 heterocycles. The van der Waals surface area contributed by atoms with Gasteiger partial charge in [-0.1, -0.05) is 6.42 Å². The Bertz CT molecular complexity index is 621. The van der Waals surface area contributed by atoms with Gasteiger partial charge in [-0.05, 0) is 50.0 Å². The highest BCUT2D eigenvalue weighted by molar-refractivity contribution is 5.71. The molecule has 0 radical (unpaired) electrons. The van der Waals surface area contributed by atoms with Crippen molar-refractivity contribution in [2.45, 2.75) is 39.0 Å². The van der Waals surface area contributed by atoms with E-state index in [-0.39, 0.29) is 0 Å². The summed E-state index contributed by atoms with van der Waals surface area (Å²) in [6.07, 6.45) is 6.83. The highest BCUT2D eigenvalue weighted by Gasteiger charge is 2.39. The van der Waals surface area contributed by atoms with Crippen molar-refractivity contribution in [2.24, 2.45) is 17.8 Å². The Morgan fingerprint density at radius 2 is 2.20 bits per heavy atom. The van der Waals surface area contributed by atoms with Crippen molar-refractivity contribution in [3.05, 3.63) is 18.0 Å². The summed E-state index contributed by atoms with van der Waals surface area (Å²) in [5.74, 6) is 4.54. The van der Waals surface area contributed by atoms with Gasteiger partial charge in [-0.2, -0.15) is 4.98 Å². The molecule has 20 heavy (non-hydrogen) atoms. The topological polar surface area (TPSA) is 50.8 Å². The smallest absolute Gasteiger partial charge is 0.215 e. The molecule has 4 heteroatoms. The fourth-order valence-electron chi connectivity index (χ4n) is 4.12. The van der Waals surface area contributed by atoms with Gasteiger partial charge in [0.25, 0.3) is 0 Å². The molecule has 0 aromatic carbocycles. The number of ether oxygens (including phenoxy) is 1. The third-order valence-corrected chi connectivity index (χ3v) is 5.00. The SMILES string of the molecule is CCOc1ccc2[nH]c(CC3CC4CCC3C4)nc2n1. The highest BCUT2D eigenvalue weighted by Crippen LogP contribution is 2.49. The summed E-state index contributed by atoms with van der Waals surface area (Å²) in [5, 5.41) is 0. The van der Waals surface area contributed by atoms with Gasteiger partial charge in [0.2, 0.25) is 5.88 Å². The van der Waals surface area contributed by atoms with Crippen LogP contribution >= 0.6 is 0 Å². The summed E-state index contributed by atoms with van der Waals surface area (Å²) in [6.45, 7) is 2.61. The van der Waals surface area contributed by atoms with E-state index in [9.17, 15) is 0 Å². The van der Waals surface area contributed by atoms with Crippen LogP contribution in [0.2, 0.25) is 0 Å². The Morgan fingerprint density at radius 3 is 2.95 bits per heavy atom. The number of hydrogen-bond acceptors (Lipinski definition) is 3. The van der Waals surface area contributed by atoms with Crippen LogP contribution in [0.3, 0.4) is 0 Å². The molecule has 4 nitrogen and oxygen atoms in total. The molecule has 2 bridgehead atoms. The minimum Gasteiger partial charge on any atom is -0.478 e. The lowest BCUT2D eigenvalue weighted by atomic mass is 9.86. The zero-order chi connectivity index (χ0) is 13.5. The summed E-state index contributed by atoms with van der Waals surface area (Å²) in [6, 6.07) is 3.93. The molecular formula is C16H21N3O. The van der Waals surface area contributed by atoms with Crippen LogP contribution in [0, 0.1) is 17.8 Å². The maximum atomic E-state index is 5.43. The van der Waals surface area contributed by atoms with Gasteiger partial charge in [0.15, 0.2) is 5.65 Å². The second-order valence-corrected chi connectivity index (χ2v) is 6.28. The number of pyridine rings is 1. The van der Waals surface area contributed by atoms with Crippen molar-refractivity contribution in [2.75, 3.05) is 6.61 Å². The normalized spacial score (nSPS) is 28.4. The molecule has 3 unspecified atom stereocenters. The Kier molecular flexibility index (Phi) is 2.90. The molecule has 2 aliphatic rings. The van der Waals surface area contributed by atoms with E-state index in [4.69, 9.17) is 4.74 Å². The van der Waals surface area contributed by atoms with E-state index < -0.39 is 0 Å². The van der Waals surface area contributed by atoms with E-state index in [1.165, 1.54) is 25.7 Å². The third kappa shape index (κ3) is 2.07. The maximum Gasteiger partial charge on any atom is 0.215 e. The first kappa shape index (κ1) is 12.2. The number of nitrogens with zero attached hydrogens (tertiary/aromatic N) is 2. The summed E-state index contributed by atoms with van der Waals surface area (Å²) < 4.78 is 5.43. The molecule has 1 N–H and O–H groups in total. The number of aromatic nitrogens is 3. The molecule has 2 fully saturated rings. The monoisotopic (exact) mass is 271 g/mol. The summed E-state index contributed by atoms with van der Waals surface area (Å²) in [4.78, 5) is 12.5. The number of hydrogen-bond donors (Lipinski definition) is 1. The zero-order valence-corrected chi connectivity index (χ0v) is 11.9. The third-order valence-electron chi connectivity index (χ3n) is 5.00. The van der Waals surface area contributed by atoms with Gasteiger partial charge < -0.3 is 9.72 Å². The van der Waals surface area contributed by atoms with Crippen LogP contribution in [0.5, 0.6) is 5.88 Å². The first-order valence-corrected chi connectivity index (χ1v) is 7.80. The van der Waals surface area contributed by atoms with Gasteiger partial charge in [-0.25, -0.2) is 4.98 Å². The highest BCUT2D eigenvalue weighted by atomic mass is 16.5. The predicted molar refractivity (Wildman–Crippen MR) is 77.7 cm³/mol. The molecule has 4 rings (SSSR count). The number of imidazole rings is 1. The quantitative estimate of drug-likeness (QED) is 0.928. The van der Waals surface area contributed by atoms with Crippen molar-refractivity contribution in [1.82, 2.24) is 15.0 Å². The van der Waals surface area contributed by atoms with Crippen molar-refractivity contribution in [3.8, 4) is 5.88 Å². The Morgan fingerprint density at radius 1 is 1.25 bits per heavy atom. The van der Waals surface area contributed by atoms with Crippen LogP contribution in [-0.2, 0) is 6.42 Å². The van der Waals surface area contributed by atoms with Crippen molar-refractivity contribution >= 4 is 11.2 Å². The average molecular weight is 271 g/mol. The summed E-state index contributed by atoms with van der Waals surface area (Å²) in [5.41, 5.74) is 1.81. The predicted octanol–water partition coefficient (Wildman–Crippen LogP) is 3.34. The first-order valence-electron chi connectivity index (χ1n) is 7.80. The van der Waals surface area contributed by atoms with E-state index in [0.29, 0.717) is 12.5 Å². The van der Waals surface area contributed by atoms with Gasteiger partial charge in [0.05, 0.1) is 12.1 Å². The van der Waals surface area contributed by atoms with E-state index in [1.807, 2.05) is 19.1 Å². The van der Waals surface area contributed by atoms with Crippen LogP contribution in [0.1, 0.15) is 38.4 Å². The first-order chi connectivity index (χ1) is 9.81. The minimum atomic E-state index is 0.640. The van der Waals surface area contributed by atoms with Gasteiger partial charge in [0, 0.05) is 12.5 Å². The lowest BCUT2D eigenvalue weighted by molar-refractivity contribution is 0.327. The molecule has 2 aromatic rings. The van der Waals surface area contributed by atoms with Crippen LogP contribution in [0.4, 0.5) is 0 Å². The Labute approximate surface area is 119 Å². The average Bonchev–Trinajstić information content (AvgIpc) is 3.12. The maximum absolute atomic E-state index is 5.43. The van der Waals surface area contributed by atoms with Crippen molar-refractivity contribution in [3.63, 3.8) is 0 Å². The van der Waals surface area contributed by atoms with Crippen molar-refractivity contribution < 1.29 is 4.74 Å². The minimum absolute atomic E-state index is 0.640. The number of aromatic amines is 1. The molecule has 0 saturated heterocycles. The zero-order valence-electron chi connectivity index (χ0n) is 11.9. The standard InChI is InChI=1S/C16H21N3O/c1-2-20-15-6-5-13-16(19-15)18-14(17-13)9-12-8-10-3-4-11(12)7-10/h5-6,10-12H,2-4,7-9H2,1H3,(H,17,18,19). The van der Waals surface area contributed by atoms with Gasteiger partial charge in [-0.3, -0.25) is 0 Å². The number of rotatable bonds is 4. The molecule has 0 aliphatic heterocycles. The van der Waals surface area contributed by atoms with Crippen molar-refractivity contribution in [1.29, 1.82) is 0 Å². The van der Waals surface area contributed by atoms with Crippen LogP contribution in [0.25, 0.3) is 11.2 Å². The number of fused-ring (bicyclic) bond motifs is 3. The lowest BCUT2D eigenvalue weighted by Crippen LogP contribution is -2.13. The van der Waals surface area contributed by atoms with Crippen LogP contribution in [-0.4, -0.2) is 21.6 Å². The second-order valence-electron chi connectivity index (χ2n) is 6.28. The fraction of sp³-hybridized carbons (Fsp3) is 0.625. The molecule has 2 aromatic heterocycles. The molecule has 106 valence electrons. The second kappa shape index (κ2) is 4.76. The number of nitrogens with one attached hydrogen (secondary N) is 1. The number of H-pyrrole nitrogens is 1. The molecular weight excluding hydrogens is 250 g/mol. The van der Waals surface area contributed by atoms with E-state index in [2.05, 4.69) is 15.0 Å². The molecule has 2 saturated carbocycles. The Balaban J connectivity index is 1.54. The van der Waals surface area contributed by atoms with E-state index in [0.717, 1.165) is 41.2 Å². The molecule has 2 aliphatic carbocycles. The lowest BCUT2D eigenvalue weighted by Gasteiger charge is -2.20. The summed E-state index contributed by atoms with van der Waals surface area (Å²) in [7, 11) is 0. The van der Waals surface area contributed by atoms with Gasteiger partial charge >= 0.3 is 0 Å². The largest absolute Gasteiger partial charge is 0.478 e. The van der Waals surface area contributed by atoms with E-state index in [1.54, 1.807) is 0 Å². The van der Waals surface area contributed by atoms with Crippen LogP contribution < -0.4 is 4.74 Å². The molecule has 0 amide bonds. The molecule has 3 atom stereocenters. The summed E-state index contributed by atoms with van der Waals surface area (Å²) >= 11 is 0. The Hall–Kier alpha value is -1.58. The van der Waals surface area contributed by atoms with E-state index >= 15 is 0 Å². The van der Waals surface area contributed by atoms with Crippen LogP contribution in [0.15, 0.2) is 12.1 Å².